The molecule has 0 aromatic carbocycles. The number of nitrogens with zero attached hydrogens (tertiary/aromatic N) is 4. The van der Waals surface area contributed by atoms with E-state index in [4.69, 9.17) is 9.26 Å². The van der Waals surface area contributed by atoms with Crippen molar-refractivity contribution in [2.45, 2.75) is 59.1 Å². The van der Waals surface area contributed by atoms with Gasteiger partial charge in [-0.05, 0) is 38.2 Å². The fourth-order valence-corrected chi connectivity index (χ4v) is 3.06. The Hall–Kier alpha value is -2.22. The molecule has 0 radical (unpaired) electrons. The molecule has 8 heteroatoms. The van der Waals surface area contributed by atoms with Gasteiger partial charge in [0.15, 0.2) is 5.82 Å². The summed E-state index contributed by atoms with van der Waals surface area (Å²) in [4.78, 5) is 16.8. The first-order valence-electron chi connectivity index (χ1n) is 9.35. The molecule has 1 aliphatic rings. The zero-order valence-electron chi connectivity index (χ0n) is 15.7. The maximum atomic E-state index is 12.5. The Labute approximate surface area is 153 Å². The predicted molar refractivity (Wildman–Crippen MR) is 94.7 cm³/mol. The number of aryl methyl sites for hydroxylation is 1. The summed E-state index contributed by atoms with van der Waals surface area (Å²) in [5.74, 6) is 1.49. The first-order valence-corrected chi connectivity index (χ1v) is 9.35. The molecule has 1 saturated heterocycles. The molecule has 3 rings (SSSR count). The van der Waals surface area contributed by atoms with Crippen molar-refractivity contribution in [3.8, 4) is 0 Å². The molecule has 1 N–H and O–H groups in total. The quantitative estimate of drug-likeness (QED) is 0.775. The molecular formula is C18H27N5O3. The molecule has 0 unspecified atom stereocenters. The van der Waals surface area contributed by atoms with Gasteiger partial charge in [0.2, 0.25) is 0 Å². The Morgan fingerprint density at radius 1 is 1.46 bits per heavy atom. The Morgan fingerprint density at radius 2 is 2.31 bits per heavy atom. The molecule has 1 aliphatic heterocycles. The topological polar surface area (TPSA) is 95.1 Å². The lowest BCUT2D eigenvalue weighted by Gasteiger charge is -2.05. The standard InChI is InChI=1S/C18H27N5O3/c1-4-23-14(11-13(21-23)10-12(2)3)17(24)19-8-7-16-20-18(26-22-16)15-6-5-9-25-15/h11-12,15H,4-10H2,1-3H3,(H,19,24)/t15-/m0/s1. The third-order valence-electron chi connectivity index (χ3n) is 4.30. The molecule has 26 heavy (non-hydrogen) atoms. The number of carbonyl (C=O) groups is 1. The van der Waals surface area contributed by atoms with E-state index in [-0.39, 0.29) is 12.0 Å². The van der Waals surface area contributed by atoms with E-state index in [1.54, 1.807) is 4.68 Å². The Kier molecular flexibility index (Phi) is 6.03. The van der Waals surface area contributed by atoms with E-state index in [1.807, 2.05) is 13.0 Å². The second kappa shape index (κ2) is 8.44. The van der Waals surface area contributed by atoms with Crippen molar-refractivity contribution >= 4 is 5.91 Å². The maximum absolute atomic E-state index is 12.5. The highest BCUT2D eigenvalue weighted by Crippen LogP contribution is 2.26. The minimum atomic E-state index is -0.128. The molecule has 1 amide bonds. The largest absolute Gasteiger partial charge is 0.368 e. The maximum Gasteiger partial charge on any atom is 0.269 e. The average molecular weight is 361 g/mol. The molecule has 0 spiro atoms. The zero-order valence-corrected chi connectivity index (χ0v) is 15.7. The van der Waals surface area contributed by atoms with Gasteiger partial charge in [0, 0.05) is 26.1 Å². The van der Waals surface area contributed by atoms with Gasteiger partial charge in [-0.1, -0.05) is 19.0 Å². The van der Waals surface area contributed by atoms with Crippen molar-refractivity contribution in [1.29, 1.82) is 0 Å². The molecule has 0 bridgehead atoms. The van der Waals surface area contributed by atoms with Crippen LogP contribution in [-0.2, 0) is 24.1 Å². The fraction of sp³-hybridized carbons (Fsp3) is 0.667. The number of nitrogens with one attached hydrogen (secondary N) is 1. The normalized spacial score (nSPS) is 17.2. The van der Waals surface area contributed by atoms with Crippen LogP contribution in [0.5, 0.6) is 0 Å². The first-order chi connectivity index (χ1) is 12.6. The highest BCUT2D eigenvalue weighted by atomic mass is 16.5. The van der Waals surface area contributed by atoms with Gasteiger partial charge in [-0.3, -0.25) is 9.48 Å². The minimum Gasteiger partial charge on any atom is -0.368 e. The van der Waals surface area contributed by atoms with Crippen molar-refractivity contribution < 1.29 is 14.1 Å². The van der Waals surface area contributed by atoms with E-state index in [1.165, 1.54) is 0 Å². The van der Waals surface area contributed by atoms with Gasteiger partial charge in [-0.15, -0.1) is 0 Å². The second-order valence-corrected chi connectivity index (χ2v) is 6.99. The lowest BCUT2D eigenvalue weighted by atomic mass is 10.1. The van der Waals surface area contributed by atoms with E-state index < -0.39 is 0 Å². The summed E-state index contributed by atoms with van der Waals surface area (Å²) in [7, 11) is 0. The van der Waals surface area contributed by atoms with Crippen LogP contribution >= 0.6 is 0 Å². The minimum absolute atomic E-state index is 0.0795. The van der Waals surface area contributed by atoms with Gasteiger partial charge in [-0.2, -0.15) is 10.1 Å². The molecule has 3 heterocycles. The Bertz CT molecular complexity index is 731. The van der Waals surface area contributed by atoms with Crippen molar-refractivity contribution in [1.82, 2.24) is 25.2 Å². The summed E-state index contributed by atoms with van der Waals surface area (Å²) in [5, 5.41) is 11.4. The third kappa shape index (κ3) is 4.49. The van der Waals surface area contributed by atoms with Crippen molar-refractivity contribution in [2.75, 3.05) is 13.2 Å². The van der Waals surface area contributed by atoms with E-state index in [0.29, 0.717) is 42.8 Å². The Balaban J connectivity index is 1.53. The summed E-state index contributed by atoms with van der Waals surface area (Å²) >= 11 is 0. The van der Waals surface area contributed by atoms with E-state index in [0.717, 1.165) is 31.6 Å². The molecule has 0 saturated carbocycles. The molecule has 2 aromatic heterocycles. The van der Waals surface area contributed by atoms with Crippen LogP contribution in [0.25, 0.3) is 0 Å². The smallest absolute Gasteiger partial charge is 0.269 e. The summed E-state index contributed by atoms with van der Waals surface area (Å²) in [6.45, 7) is 8.10. The van der Waals surface area contributed by atoms with E-state index in [2.05, 4.69) is 34.4 Å². The number of ether oxygens (including phenoxy) is 1. The van der Waals surface area contributed by atoms with Crippen molar-refractivity contribution in [3.63, 3.8) is 0 Å². The lowest BCUT2D eigenvalue weighted by molar-refractivity contribution is 0.0835. The summed E-state index contributed by atoms with van der Waals surface area (Å²) in [6, 6.07) is 1.88. The van der Waals surface area contributed by atoms with Crippen LogP contribution in [-0.4, -0.2) is 39.0 Å². The van der Waals surface area contributed by atoms with Crippen LogP contribution in [0.1, 0.15) is 67.6 Å². The van der Waals surface area contributed by atoms with Crippen LogP contribution in [0.4, 0.5) is 0 Å². The van der Waals surface area contributed by atoms with Crippen LogP contribution in [0.15, 0.2) is 10.6 Å². The molecule has 142 valence electrons. The molecule has 1 atom stereocenters. The third-order valence-corrected chi connectivity index (χ3v) is 4.30. The van der Waals surface area contributed by atoms with Gasteiger partial charge < -0.3 is 14.6 Å². The number of hydrogen-bond donors (Lipinski definition) is 1. The molecule has 1 fully saturated rings. The van der Waals surface area contributed by atoms with Gasteiger partial charge in [0.05, 0.1) is 5.69 Å². The summed E-state index contributed by atoms with van der Waals surface area (Å²) in [5.41, 5.74) is 1.54. The van der Waals surface area contributed by atoms with Crippen LogP contribution in [0, 0.1) is 5.92 Å². The summed E-state index contributed by atoms with van der Waals surface area (Å²) < 4.78 is 12.5. The van der Waals surface area contributed by atoms with E-state index in [9.17, 15) is 4.79 Å². The number of rotatable bonds is 8. The highest BCUT2D eigenvalue weighted by molar-refractivity contribution is 5.92. The van der Waals surface area contributed by atoms with Crippen LogP contribution in [0.2, 0.25) is 0 Å². The summed E-state index contributed by atoms with van der Waals surface area (Å²) in [6.07, 6.45) is 3.23. The SMILES string of the molecule is CCn1nc(CC(C)C)cc1C(=O)NCCc1noc([C@@H]2CCCO2)n1. The highest BCUT2D eigenvalue weighted by Gasteiger charge is 2.23. The van der Waals surface area contributed by atoms with Crippen LogP contribution in [0.3, 0.4) is 0 Å². The van der Waals surface area contributed by atoms with Crippen LogP contribution < -0.4 is 5.32 Å². The van der Waals surface area contributed by atoms with Crippen molar-refractivity contribution in [2.24, 2.45) is 5.92 Å². The zero-order chi connectivity index (χ0) is 18.5. The number of aromatic nitrogens is 4. The fourth-order valence-electron chi connectivity index (χ4n) is 3.06. The van der Waals surface area contributed by atoms with Crippen molar-refractivity contribution in [3.05, 3.63) is 29.2 Å². The second-order valence-electron chi connectivity index (χ2n) is 6.99. The van der Waals surface area contributed by atoms with E-state index >= 15 is 0 Å². The van der Waals surface area contributed by atoms with Gasteiger partial charge in [0.1, 0.15) is 11.8 Å². The monoisotopic (exact) mass is 361 g/mol. The van der Waals surface area contributed by atoms with Gasteiger partial charge in [-0.25, -0.2) is 0 Å². The molecule has 8 nitrogen and oxygen atoms in total. The average Bonchev–Trinajstić information content (AvgIpc) is 3.34. The number of amides is 1. The van der Waals surface area contributed by atoms with Gasteiger partial charge >= 0.3 is 0 Å². The number of hydrogen-bond acceptors (Lipinski definition) is 6. The first kappa shape index (κ1) is 18.6. The lowest BCUT2D eigenvalue weighted by Crippen LogP contribution is -2.28. The van der Waals surface area contributed by atoms with Gasteiger partial charge in [0.25, 0.3) is 11.8 Å². The molecular weight excluding hydrogens is 334 g/mol. The Morgan fingerprint density at radius 3 is 3.00 bits per heavy atom. The molecule has 0 aliphatic carbocycles. The number of carbonyl (C=O) groups excluding carboxylic acids is 1. The predicted octanol–water partition coefficient (Wildman–Crippen LogP) is 2.31. The molecule has 2 aromatic rings.